The lowest BCUT2D eigenvalue weighted by Gasteiger charge is -2.36. The van der Waals surface area contributed by atoms with Gasteiger partial charge in [0, 0.05) is 41.2 Å². The summed E-state index contributed by atoms with van der Waals surface area (Å²) in [5.41, 5.74) is 4.33. The van der Waals surface area contributed by atoms with Crippen molar-refractivity contribution in [2.45, 2.75) is 19.4 Å². The van der Waals surface area contributed by atoms with Crippen molar-refractivity contribution in [1.82, 2.24) is 15.0 Å². The molecule has 3 aromatic rings. The second-order valence-electron chi connectivity index (χ2n) is 7.28. The summed E-state index contributed by atoms with van der Waals surface area (Å²) in [7, 11) is 0. The van der Waals surface area contributed by atoms with E-state index >= 15 is 0 Å². The fourth-order valence-corrected chi connectivity index (χ4v) is 4.54. The van der Waals surface area contributed by atoms with Crippen molar-refractivity contribution >= 4 is 39.2 Å². The Bertz CT molecular complexity index is 1090. The van der Waals surface area contributed by atoms with Crippen LogP contribution in [0, 0.1) is 6.92 Å². The number of anilines is 3. The van der Waals surface area contributed by atoms with Gasteiger partial charge in [-0.1, -0.05) is 0 Å². The Morgan fingerprint density at radius 1 is 1.28 bits per heavy atom. The standard InChI is InChI=1S/C21H19BrN6O/c1-13-9-14(4-7-24-13)19-17(22)10-18-20(26-19)28(16-5-8-27(18)12-16)21(29)25-15-3-2-6-23-11-15/h2-4,6-7,9-11,16H,5,8,12H2,1H3,(H,25,29). The van der Waals surface area contributed by atoms with E-state index in [1.165, 1.54) is 0 Å². The number of halogens is 1. The molecule has 1 atom stereocenters. The Morgan fingerprint density at radius 3 is 2.97 bits per heavy atom. The Labute approximate surface area is 176 Å². The van der Waals surface area contributed by atoms with Crippen LogP contribution in [0.5, 0.6) is 0 Å². The average Bonchev–Trinajstić information content (AvgIpc) is 3.14. The van der Waals surface area contributed by atoms with Crippen molar-refractivity contribution < 1.29 is 4.79 Å². The highest BCUT2D eigenvalue weighted by Crippen LogP contribution is 2.43. The molecule has 3 aromatic heterocycles. The van der Waals surface area contributed by atoms with E-state index in [0.717, 1.165) is 46.6 Å². The fraction of sp³-hybridized carbons (Fsp3) is 0.238. The highest BCUT2D eigenvalue weighted by molar-refractivity contribution is 9.10. The Kier molecular flexibility index (Phi) is 4.43. The molecule has 2 amide bonds. The quantitative estimate of drug-likeness (QED) is 0.631. The number of hydrogen-bond donors (Lipinski definition) is 1. The minimum atomic E-state index is -0.183. The van der Waals surface area contributed by atoms with Crippen molar-refractivity contribution in [2.75, 3.05) is 28.2 Å². The number of aryl methyl sites for hydroxylation is 1. The van der Waals surface area contributed by atoms with E-state index in [9.17, 15) is 4.79 Å². The number of nitrogens with one attached hydrogen (secondary N) is 1. The first-order chi connectivity index (χ1) is 14.1. The topological polar surface area (TPSA) is 74.2 Å². The summed E-state index contributed by atoms with van der Waals surface area (Å²) >= 11 is 3.68. The predicted molar refractivity (Wildman–Crippen MR) is 116 cm³/mol. The van der Waals surface area contributed by atoms with Crippen LogP contribution in [-0.2, 0) is 0 Å². The van der Waals surface area contributed by atoms with Crippen LogP contribution in [0.1, 0.15) is 12.1 Å². The third-order valence-electron chi connectivity index (χ3n) is 5.34. The van der Waals surface area contributed by atoms with E-state index in [2.05, 4.69) is 42.2 Å². The third kappa shape index (κ3) is 3.23. The number of rotatable bonds is 2. The number of amides is 2. The second kappa shape index (κ2) is 7.11. The molecule has 8 heteroatoms. The number of hydrogen-bond acceptors (Lipinski definition) is 5. The van der Waals surface area contributed by atoms with Crippen LogP contribution in [0.25, 0.3) is 11.3 Å². The monoisotopic (exact) mass is 450 g/mol. The molecule has 1 fully saturated rings. The molecule has 0 aliphatic carbocycles. The summed E-state index contributed by atoms with van der Waals surface area (Å²) in [6.07, 6.45) is 6.02. The lowest BCUT2D eigenvalue weighted by molar-refractivity contribution is 0.255. The van der Waals surface area contributed by atoms with Crippen LogP contribution < -0.4 is 15.1 Å². The van der Waals surface area contributed by atoms with E-state index < -0.39 is 0 Å². The molecule has 2 bridgehead atoms. The molecule has 5 heterocycles. The molecule has 29 heavy (non-hydrogen) atoms. The van der Waals surface area contributed by atoms with Gasteiger partial charge in [-0.25, -0.2) is 9.78 Å². The number of pyridine rings is 3. The van der Waals surface area contributed by atoms with Gasteiger partial charge in [0.25, 0.3) is 0 Å². The van der Waals surface area contributed by atoms with Gasteiger partial charge < -0.3 is 10.2 Å². The lowest BCUT2D eigenvalue weighted by atomic mass is 10.1. The summed E-state index contributed by atoms with van der Waals surface area (Å²) in [5.74, 6) is 0.688. The van der Waals surface area contributed by atoms with Crippen LogP contribution in [0.2, 0.25) is 0 Å². The maximum absolute atomic E-state index is 13.2. The summed E-state index contributed by atoms with van der Waals surface area (Å²) in [6.45, 7) is 3.68. The van der Waals surface area contributed by atoms with Gasteiger partial charge in [0.15, 0.2) is 5.82 Å². The molecule has 0 spiro atoms. The number of fused-ring (bicyclic) bond motifs is 4. The molecule has 146 valence electrons. The van der Waals surface area contributed by atoms with Crippen molar-refractivity contribution in [1.29, 1.82) is 0 Å². The van der Waals surface area contributed by atoms with Crippen LogP contribution in [-0.4, -0.2) is 40.1 Å². The maximum Gasteiger partial charge on any atom is 0.327 e. The molecular weight excluding hydrogens is 432 g/mol. The maximum atomic E-state index is 13.2. The molecule has 1 saturated heterocycles. The number of urea groups is 1. The van der Waals surface area contributed by atoms with Crippen LogP contribution in [0.4, 0.5) is 22.0 Å². The van der Waals surface area contributed by atoms with Crippen molar-refractivity contribution in [3.05, 3.63) is 59.1 Å². The second-order valence-corrected chi connectivity index (χ2v) is 8.13. The molecule has 0 radical (unpaired) electrons. The molecule has 2 aliphatic heterocycles. The normalized spacial score (nSPS) is 17.2. The van der Waals surface area contributed by atoms with E-state index in [1.807, 2.05) is 25.1 Å². The molecule has 0 aromatic carbocycles. The smallest absolute Gasteiger partial charge is 0.327 e. The highest BCUT2D eigenvalue weighted by atomic mass is 79.9. The average molecular weight is 451 g/mol. The molecule has 1 N–H and O–H groups in total. The molecule has 2 aliphatic rings. The van der Waals surface area contributed by atoms with Gasteiger partial charge in [-0.2, -0.15) is 0 Å². The van der Waals surface area contributed by atoms with Gasteiger partial charge in [-0.15, -0.1) is 0 Å². The predicted octanol–water partition coefficient (Wildman–Crippen LogP) is 4.24. The van der Waals surface area contributed by atoms with E-state index in [-0.39, 0.29) is 12.1 Å². The van der Waals surface area contributed by atoms with Crippen LogP contribution in [0.15, 0.2) is 53.4 Å². The molecule has 7 nitrogen and oxygen atoms in total. The summed E-state index contributed by atoms with van der Waals surface area (Å²) in [4.78, 5) is 30.6. The SMILES string of the molecule is Cc1cc(-c2nc3c(cc2Br)N2CCC(C2)N3C(=O)Nc2cccnc2)ccn1. The zero-order chi connectivity index (χ0) is 20.0. The molecule has 1 unspecified atom stereocenters. The van der Waals surface area contributed by atoms with E-state index in [1.54, 1.807) is 29.6 Å². The number of carbonyl (C=O) groups is 1. The Morgan fingerprint density at radius 2 is 2.17 bits per heavy atom. The fourth-order valence-electron chi connectivity index (χ4n) is 4.00. The zero-order valence-electron chi connectivity index (χ0n) is 15.8. The molecular formula is C21H19BrN6O. The van der Waals surface area contributed by atoms with Gasteiger partial charge in [-0.3, -0.25) is 14.9 Å². The number of nitrogens with zero attached hydrogens (tertiary/aromatic N) is 5. The Hall–Kier alpha value is -3.00. The van der Waals surface area contributed by atoms with Gasteiger partial charge in [0.05, 0.1) is 29.3 Å². The van der Waals surface area contributed by atoms with Gasteiger partial charge in [0.2, 0.25) is 0 Å². The minimum Gasteiger partial charge on any atom is -0.366 e. The summed E-state index contributed by atoms with van der Waals surface area (Å²) < 4.78 is 0.903. The van der Waals surface area contributed by atoms with Crippen LogP contribution in [0.3, 0.4) is 0 Å². The van der Waals surface area contributed by atoms with Gasteiger partial charge >= 0.3 is 6.03 Å². The number of carbonyl (C=O) groups excluding carboxylic acids is 1. The zero-order valence-corrected chi connectivity index (χ0v) is 17.4. The first-order valence-corrected chi connectivity index (χ1v) is 10.3. The highest BCUT2D eigenvalue weighted by Gasteiger charge is 2.40. The van der Waals surface area contributed by atoms with Crippen molar-refractivity contribution in [3.63, 3.8) is 0 Å². The van der Waals surface area contributed by atoms with Crippen molar-refractivity contribution in [3.8, 4) is 11.3 Å². The van der Waals surface area contributed by atoms with E-state index in [4.69, 9.17) is 4.98 Å². The Balaban J connectivity index is 1.58. The van der Waals surface area contributed by atoms with Gasteiger partial charge in [-0.05, 0) is 59.6 Å². The van der Waals surface area contributed by atoms with Gasteiger partial charge in [0.1, 0.15) is 0 Å². The van der Waals surface area contributed by atoms with Crippen molar-refractivity contribution in [2.24, 2.45) is 0 Å². The lowest BCUT2D eigenvalue weighted by Crippen LogP contribution is -2.48. The first kappa shape index (κ1) is 18.1. The molecule has 0 saturated carbocycles. The van der Waals surface area contributed by atoms with E-state index in [0.29, 0.717) is 11.5 Å². The largest absolute Gasteiger partial charge is 0.366 e. The van der Waals surface area contributed by atoms with Crippen LogP contribution >= 0.6 is 15.9 Å². The first-order valence-electron chi connectivity index (χ1n) is 9.49. The number of aromatic nitrogens is 3. The summed E-state index contributed by atoms with van der Waals surface area (Å²) in [6, 6.07) is 9.55. The molecule has 5 rings (SSSR count). The third-order valence-corrected chi connectivity index (χ3v) is 5.94. The minimum absolute atomic E-state index is 0.0971. The summed E-state index contributed by atoms with van der Waals surface area (Å²) in [5, 5.41) is 2.96.